The summed E-state index contributed by atoms with van der Waals surface area (Å²) < 4.78 is 23.0. The van der Waals surface area contributed by atoms with E-state index in [0.717, 1.165) is 19.3 Å². The summed E-state index contributed by atoms with van der Waals surface area (Å²) in [5.74, 6) is -0.369. The highest BCUT2D eigenvalue weighted by Gasteiger charge is 2.25. The second-order valence-corrected chi connectivity index (χ2v) is 13.1. The van der Waals surface area contributed by atoms with E-state index in [1.54, 1.807) is 0 Å². The molecule has 0 aromatic rings. The molecule has 0 heterocycles. The molecule has 0 aromatic heterocycles. The summed E-state index contributed by atoms with van der Waals surface area (Å²) in [6.07, 6.45) is 4.75. The molecule has 0 aromatic carbocycles. The van der Waals surface area contributed by atoms with Crippen molar-refractivity contribution in [2.24, 2.45) is 0 Å². The molecule has 7 nitrogen and oxygen atoms in total. The van der Waals surface area contributed by atoms with E-state index >= 15 is 0 Å². The number of nitrogens with one attached hydrogen (secondary N) is 1. The highest BCUT2D eigenvalue weighted by atomic mass is 16.6. The van der Waals surface area contributed by atoms with Crippen LogP contribution in [0.1, 0.15) is 128 Å². The van der Waals surface area contributed by atoms with Crippen molar-refractivity contribution in [3.05, 3.63) is 0 Å². The van der Waals surface area contributed by atoms with E-state index in [1.807, 2.05) is 69.2 Å². The van der Waals surface area contributed by atoms with E-state index < -0.39 is 11.2 Å². The minimum absolute atomic E-state index is 0.184. The Labute approximate surface area is 221 Å². The van der Waals surface area contributed by atoms with Crippen LogP contribution in [0.4, 0.5) is 0 Å². The predicted octanol–water partition coefficient (Wildman–Crippen LogP) is 6.36. The lowest BCUT2D eigenvalue weighted by atomic mass is 10.0. The number of ether oxygens (including phenoxy) is 4. The second-order valence-electron chi connectivity index (χ2n) is 13.1. The van der Waals surface area contributed by atoms with Crippen LogP contribution in [-0.4, -0.2) is 59.6 Å². The van der Waals surface area contributed by atoms with Crippen LogP contribution in [0.15, 0.2) is 0 Å². The third-order valence-corrected chi connectivity index (χ3v) is 5.72. The number of esters is 2. The molecule has 0 rings (SSSR count). The van der Waals surface area contributed by atoms with Crippen LogP contribution in [-0.2, 0) is 28.5 Å². The molecule has 0 spiro atoms. The summed E-state index contributed by atoms with van der Waals surface area (Å²) in [6.45, 7) is 25.0. The van der Waals surface area contributed by atoms with Crippen LogP contribution < -0.4 is 5.32 Å². The maximum absolute atomic E-state index is 12.0. The maximum atomic E-state index is 12.0. The average molecular weight is 516 g/mol. The number of rotatable bonds is 17. The molecule has 0 bridgehead atoms. The third kappa shape index (κ3) is 19.9. The Kier molecular flexibility index (Phi) is 14.8. The van der Waals surface area contributed by atoms with Crippen LogP contribution in [0.3, 0.4) is 0 Å². The SMILES string of the molecule is CCC(CCOC(C)(C)CCC(=O)OC(C)(C)C)NC(C)CCOC(C)(C)CCC(=O)OC(C)(C)C. The molecule has 2 unspecified atom stereocenters. The predicted molar refractivity (Wildman–Crippen MR) is 146 cm³/mol. The number of hydrogen-bond acceptors (Lipinski definition) is 7. The van der Waals surface area contributed by atoms with Gasteiger partial charge in [-0.3, -0.25) is 9.59 Å². The smallest absolute Gasteiger partial charge is 0.306 e. The van der Waals surface area contributed by atoms with E-state index in [2.05, 4.69) is 19.2 Å². The van der Waals surface area contributed by atoms with Crippen molar-refractivity contribution in [2.45, 2.75) is 163 Å². The Morgan fingerprint density at radius 2 is 1.08 bits per heavy atom. The molecule has 0 aliphatic carbocycles. The highest BCUT2D eigenvalue weighted by Crippen LogP contribution is 2.21. The quantitative estimate of drug-likeness (QED) is 0.226. The monoisotopic (exact) mass is 515 g/mol. The molecule has 214 valence electrons. The standard InChI is InChI=1S/C29H57NO6/c1-13-23(17-21-34-29(11,12)19-15-25(32)36-27(6,7)8)30-22(2)16-20-33-28(9,10)18-14-24(31)35-26(3,4)5/h22-23,30H,13-21H2,1-12H3. The summed E-state index contributed by atoms with van der Waals surface area (Å²) in [5, 5.41) is 3.68. The van der Waals surface area contributed by atoms with Gasteiger partial charge in [0.05, 0.1) is 11.2 Å². The van der Waals surface area contributed by atoms with Gasteiger partial charge >= 0.3 is 11.9 Å². The first-order valence-electron chi connectivity index (χ1n) is 13.7. The van der Waals surface area contributed by atoms with E-state index in [-0.39, 0.29) is 23.1 Å². The van der Waals surface area contributed by atoms with Crippen LogP contribution in [0, 0.1) is 0 Å². The maximum Gasteiger partial charge on any atom is 0.306 e. The van der Waals surface area contributed by atoms with E-state index in [4.69, 9.17) is 18.9 Å². The van der Waals surface area contributed by atoms with Gasteiger partial charge in [-0.25, -0.2) is 0 Å². The Balaban J connectivity index is 4.28. The van der Waals surface area contributed by atoms with Gasteiger partial charge < -0.3 is 24.3 Å². The zero-order valence-corrected chi connectivity index (χ0v) is 25.5. The van der Waals surface area contributed by atoms with E-state index in [0.29, 0.717) is 51.0 Å². The lowest BCUT2D eigenvalue weighted by molar-refractivity contribution is -0.157. The zero-order chi connectivity index (χ0) is 28.2. The molecule has 1 N–H and O–H groups in total. The molecule has 7 heteroatoms. The summed E-state index contributed by atoms with van der Waals surface area (Å²) in [7, 11) is 0. The van der Waals surface area contributed by atoms with Gasteiger partial charge in [0.2, 0.25) is 0 Å². The van der Waals surface area contributed by atoms with Gasteiger partial charge in [-0.2, -0.15) is 0 Å². The van der Waals surface area contributed by atoms with Gasteiger partial charge in [-0.15, -0.1) is 0 Å². The van der Waals surface area contributed by atoms with Crippen molar-refractivity contribution in [3.8, 4) is 0 Å². The third-order valence-electron chi connectivity index (χ3n) is 5.72. The normalized spacial score (nSPS) is 14.9. The van der Waals surface area contributed by atoms with Crippen molar-refractivity contribution in [2.75, 3.05) is 13.2 Å². The Morgan fingerprint density at radius 3 is 1.44 bits per heavy atom. The Bertz CT molecular complexity index is 645. The summed E-state index contributed by atoms with van der Waals surface area (Å²) >= 11 is 0. The fraction of sp³-hybridized carbons (Fsp3) is 0.931. The molecule has 36 heavy (non-hydrogen) atoms. The molecule has 0 saturated heterocycles. The molecular weight excluding hydrogens is 458 g/mol. The van der Waals surface area contributed by atoms with Gasteiger partial charge in [-0.1, -0.05) is 6.92 Å². The topological polar surface area (TPSA) is 83.1 Å². The molecular formula is C29H57NO6. The van der Waals surface area contributed by atoms with Gasteiger partial charge in [0.15, 0.2) is 0 Å². The van der Waals surface area contributed by atoms with Crippen LogP contribution in [0.25, 0.3) is 0 Å². The fourth-order valence-electron chi connectivity index (χ4n) is 3.62. The van der Waals surface area contributed by atoms with Crippen LogP contribution in [0.2, 0.25) is 0 Å². The van der Waals surface area contributed by atoms with Gasteiger partial charge in [0.25, 0.3) is 0 Å². The van der Waals surface area contributed by atoms with Crippen molar-refractivity contribution < 1.29 is 28.5 Å². The van der Waals surface area contributed by atoms with Gasteiger partial charge in [0.1, 0.15) is 11.2 Å². The fourth-order valence-corrected chi connectivity index (χ4v) is 3.62. The molecule has 0 radical (unpaired) electrons. The van der Waals surface area contributed by atoms with Gasteiger partial charge in [-0.05, 0) is 108 Å². The molecule has 0 saturated carbocycles. The van der Waals surface area contributed by atoms with Crippen LogP contribution >= 0.6 is 0 Å². The molecule has 0 amide bonds. The second kappa shape index (κ2) is 15.3. The summed E-state index contributed by atoms with van der Waals surface area (Å²) in [5.41, 5.74) is -1.67. The first-order chi connectivity index (χ1) is 16.2. The number of carbonyl (C=O) groups excluding carboxylic acids is 2. The highest BCUT2D eigenvalue weighted by molar-refractivity contribution is 5.70. The van der Waals surface area contributed by atoms with Crippen molar-refractivity contribution in [1.82, 2.24) is 5.32 Å². The largest absolute Gasteiger partial charge is 0.460 e. The van der Waals surface area contributed by atoms with Crippen LogP contribution in [0.5, 0.6) is 0 Å². The van der Waals surface area contributed by atoms with Crippen molar-refractivity contribution >= 4 is 11.9 Å². The minimum Gasteiger partial charge on any atom is -0.460 e. The molecule has 2 atom stereocenters. The summed E-state index contributed by atoms with van der Waals surface area (Å²) in [6, 6.07) is 0.651. The van der Waals surface area contributed by atoms with E-state index in [1.165, 1.54) is 0 Å². The molecule has 0 aliphatic rings. The Hall–Kier alpha value is -1.18. The minimum atomic E-state index is -0.459. The zero-order valence-electron chi connectivity index (χ0n) is 25.5. The lowest BCUT2D eigenvalue weighted by Crippen LogP contribution is -2.39. The molecule has 0 fully saturated rings. The first-order valence-corrected chi connectivity index (χ1v) is 13.7. The van der Waals surface area contributed by atoms with Gasteiger partial charge in [0, 0.05) is 38.1 Å². The summed E-state index contributed by atoms with van der Waals surface area (Å²) in [4.78, 5) is 24.0. The number of hydrogen-bond donors (Lipinski definition) is 1. The first kappa shape index (κ1) is 34.8. The average Bonchev–Trinajstić information content (AvgIpc) is 2.67. The molecule has 0 aliphatic heterocycles. The van der Waals surface area contributed by atoms with E-state index in [9.17, 15) is 9.59 Å². The lowest BCUT2D eigenvalue weighted by Gasteiger charge is -2.29. The Morgan fingerprint density at radius 1 is 0.694 bits per heavy atom. The van der Waals surface area contributed by atoms with Crippen molar-refractivity contribution in [3.63, 3.8) is 0 Å². The van der Waals surface area contributed by atoms with Crippen molar-refractivity contribution in [1.29, 1.82) is 0 Å². The number of carbonyl (C=O) groups is 2.